The first-order valence-corrected chi connectivity index (χ1v) is 10.2. The van der Waals surface area contributed by atoms with Crippen molar-refractivity contribution >= 4 is 34.8 Å². The largest absolute Gasteiger partial charge is 0.305 e. The molecular weight excluding hydrogens is 398 g/mol. The van der Waals surface area contributed by atoms with E-state index in [2.05, 4.69) is 4.98 Å². The molecule has 3 aromatic rings. The molecule has 0 radical (unpaired) electrons. The summed E-state index contributed by atoms with van der Waals surface area (Å²) in [7, 11) is 0. The van der Waals surface area contributed by atoms with Crippen molar-refractivity contribution in [1.29, 1.82) is 0 Å². The summed E-state index contributed by atoms with van der Waals surface area (Å²) < 4.78 is 0. The number of carbonyl (C=O) groups is 2. The lowest BCUT2D eigenvalue weighted by Gasteiger charge is -2.43. The van der Waals surface area contributed by atoms with E-state index in [-0.39, 0.29) is 29.1 Å². The van der Waals surface area contributed by atoms with Gasteiger partial charge in [-0.2, -0.15) is 0 Å². The minimum absolute atomic E-state index is 0.0386. The molecule has 6 heteroatoms. The Morgan fingerprint density at radius 1 is 1.03 bits per heavy atom. The average molecular weight is 420 g/mol. The third kappa shape index (κ3) is 3.57. The molecule has 2 amide bonds. The summed E-state index contributed by atoms with van der Waals surface area (Å²) in [6.07, 6.45) is 2.17. The van der Waals surface area contributed by atoms with Crippen LogP contribution in [0.4, 0.5) is 11.4 Å². The molecule has 0 N–H and O–H groups in total. The second-order valence-corrected chi connectivity index (χ2v) is 7.76. The zero-order valence-corrected chi connectivity index (χ0v) is 17.6. The topological polar surface area (TPSA) is 53.5 Å². The molecule has 4 rings (SSSR count). The van der Waals surface area contributed by atoms with E-state index in [1.54, 1.807) is 30.2 Å². The number of aromatic nitrogens is 1. The van der Waals surface area contributed by atoms with Gasteiger partial charge in [-0.1, -0.05) is 48.0 Å². The van der Waals surface area contributed by atoms with Gasteiger partial charge in [0.25, 0.3) is 5.91 Å². The van der Waals surface area contributed by atoms with Gasteiger partial charge < -0.3 is 9.80 Å². The molecule has 0 saturated heterocycles. The fourth-order valence-corrected chi connectivity index (χ4v) is 4.38. The van der Waals surface area contributed by atoms with Crippen molar-refractivity contribution in [2.45, 2.75) is 32.4 Å². The number of nitrogens with zero attached hydrogens (tertiary/aromatic N) is 3. The minimum Gasteiger partial charge on any atom is -0.305 e. The Bertz CT molecular complexity index is 1090. The summed E-state index contributed by atoms with van der Waals surface area (Å²) >= 11 is 6.20. The van der Waals surface area contributed by atoms with Crippen LogP contribution in [0.25, 0.3) is 0 Å². The van der Waals surface area contributed by atoms with E-state index in [9.17, 15) is 9.59 Å². The highest BCUT2D eigenvalue weighted by Gasteiger charge is 2.38. The van der Waals surface area contributed by atoms with E-state index in [0.29, 0.717) is 12.0 Å². The van der Waals surface area contributed by atoms with Crippen LogP contribution in [-0.4, -0.2) is 22.8 Å². The van der Waals surface area contributed by atoms with Crippen LogP contribution in [0.2, 0.25) is 5.15 Å². The first-order chi connectivity index (χ1) is 14.5. The van der Waals surface area contributed by atoms with Gasteiger partial charge in [0.15, 0.2) is 0 Å². The van der Waals surface area contributed by atoms with Gasteiger partial charge in [0.1, 0.15) is 5.15 Å². The number of hydrogen-bond acceptors (Lipinski definition) is 3. The molecule has 2 heterocycles. The van der Waals surface area contributed by atoms with Gasteiger partial charge in [0, 0.05) is 30.5 Å². The molecule has 1 aromatic heterocycles. The number of anilines is 2. The number of pyridine rings is 1. The zero-order valence-electron chi connectivity index (χ0n) is 16.8. The van der Waals surface area contributed by atoms with Crippen LogP contribution in [0, 0.1) is 0 Å². The van der Waals surface area contributed by atoms with Crippen LogP contribution in [-0.2, 0) is 4.79 Å². The van der Waals surface area contributed by atoms with Crippen LogP contribution in [0.15, 0.2) is 72.9 Å². The second kappa shape index (κ2) is 8.28. The normalized spacial score (nSPS) is 17.9. The Hall–Kier alpha value is -3.18. The lowest BCUT2D eigenvalue weighted by atomic mass is 9.89. The Morgan fingerprint density at radius 2 is 1.73 bits per heavy atom. The number of benzene rings is 2. The Kier molecular flexibility index (Phi) is 5.55. The highest BCUT2D eigenvalue weighted by atomic mass is 35.5. The Morgan fingerprint density at radius 3 is 2.43 bits per heavy atom. The summed E-state index contributed by atoms with van der Waals surface area (Å²) in [6, 6.07) is 20.4. The van der Waals surface area contributed by atoms with Crippen molar-refractivity contribution in [1.82, 2.24) is 4.98 Å². The van der Waals surface area contributed by atoms with Crippen molar-refractivity contribution in [3.8, 4) is 0 Å². The molecule has 0 aliphatic carbocycles. The maximum absolute atomic E-state index is 13.4. The maximum atomic E-state index is 13.4. The van der Waals surface area contributed by atoms with Gasteiger partial charge in [0.05, 0.1) is 11.6 Å². The number of halogens is 1. The molecule has 1 aliphatic heterocycles. The van der Waals surface area contributed by atoms with E-state index < -0.39 is 0 Å². The third-order valence-electron chi connectivity index (χ3n) is 5.45. The summed E-state index contributed by atoms with van der Waals surface area (Å²) in [5.41, 5.74) is 2.93. The fourth-order valence-electron chi connectivity index (χ4n) is 4.18. The smallest absolute Gasteiger partial charge is 0.261 e. The summed E-state index contributed by atoms with van der Waals surface area (Å²) in [4.78, 5) is 33.7. The van der Waals surface area contributed by atoms with Gasteiger partial charge in [0.2, 0.25) is 5.91 Å². The van der Waals surface area contributed by atoms with E-state index in [0.717, 1.165) is 16.9 Å². The lowest BCUT2D eigenvalue weighted by molar-refractivity contribution is -0.117. The van der Waals surface area contributed by atoms with Crippen molar-refractivity contribution in [2.75, 3.05) is 9.80 Å². The van der Waals surface area contributed by atoms with Gasteiger partial charge in [-0.05, 0) is 49.2 Å². The number of amides is 2. The minimum atomic E-state index is -0.194. The predicted octanol–water partition coefficient (Wildman–Crippen LogP) is 5.27. The average Bonchev–Trinajstić information content (AvgIpc) is 2.74. The van der Waals surface area contributed by atoms with Gasteiger partial charge in [-0.25, -0.2) is 4.98 Å². The standard InChI is InChI=1S/C24H22ClN3O2/c1-16-15-22(28(17(2)29)18-9-4-3-5-10-18)19-11-6-7-13-21(19)27(16)24(30)20-12-8-14-26-23(20)25/h3-14,16,22H,15H2,1-2H3/t16-,22+/m0/s1. The molecule has 2 aromatic carbocycles. The number of fused-ring (bicyclic) bond motifs is 1. The van der Waals surface area contributed by atoms with E-state index in [4.69, 9.17) is 11.6 Å². The van der Waals surface area contributed by atoms with E-state index in [1.807, 2.05) is 66.4 Å². The molecule has 1 aliphatic rings. The Balaban J connectivity index is 1.80. The summed E-state index contributed by atoms with van der Waals surface area (Å²) in [5, 5.41) is 0.184. The SMILES string of the molecule is CC(=O)N(c1ccccc1)[C@@H]1C[C@H](C)N(C(=O)c2cccnc2Cl)c2ccccc21. The monoisotopic (exact) mass is 419 g/mol. The molecule has 152 valence electrons. The maximum Gasteiger partial charge on any atom is 0.261 e. The molecule has 0 bridgehead atoms. The number of para-hydroxylation sites is 2. The Labute approximate surface area is 180 Å². The van der Waals surface area contributed by atoms with Crippen LogP contribution in [0.5, 0.6) is 0 Å². The first kappa shape index (κ1) is 20.1. The highest BCUT2D eigenvalue weighted by molar-refractivity contribution is 6.33. The molecular formula is C24H22ClN3O2. The van der Waals surface area contributed by atoms with Crippen molar-refractivity contribution in [3.63, 3.8) is 0 Å². The second-order valence-electron chi connectivity index (χ2n) is 7.40. The molecule has 2 atom stereocenters. The van der Waals surface area contributed by atoms with Crippen molar-refractivity contribution in [2.24, 2.45) is 0 Å². The number of hydrogen-bond donors (Lipinski definition) is 0. The molecule has 5 nitrogen and oxygen atoms in total. The summed E-state index contributed by atoms with van der Waals surface area (Å²) in [5.74, 6) is -0.233. The van der Waals surface area contributed by atoms with Crippen LogP contribution < -0.4 is 9.80 Å². The molecule has 0 fully saturated rings. The molecule has 0 saturated carbocycles. The van der Waals surface area contributed by atoms with Crippen molar-refractivity contribution in [3.05, 3.63) is 89.2 Å². The highest BCUT2D eigenvalue weighted by Crippen LogP contribution is 2.42. The van der Waals surface area contributed by atoms with Crippen LogP contribution >= 0.6 is 11.6 Å². The van der Waals surface area contributed by atoms with Gasteiger partial charge in [-0.15, -0.1) is 0 Å². The number of carbonyl (C=O) groups excluding carboxylic acids is 2. The summed E-state index contributed by atoms with van der Waals surface area (Å²) in [6.45, 7) is 3.57. The zero-order chi connectivity index (χ0) is 21.3. The quantitative estimate of drug-likeness (QED) is 0.543. The van der Waals surface area contributed by atoms with Crippen LogP contribution in [0.1, 0.15) is 42.2 Å². The molecule has 0 unspecified atom stereocenters. The third-order valence-corrected chi connectivity index (χ3v) is 5.76. The van der Waals surface area contributed by atoms with E-state index in [1.165, 1.54) is 0 Å². The fraction of sp³-hybridized carbons (Fsp3) is 0.208. The van der Waals surface area contributed by atoms with Gasteiger partial charge >= 0.3 is 0 Å². The van der Waals surface area contributed by atoms with Crippen LogP contribution in [0.3, 0.4) is 0 Å². The number of rotatable bonds is 3. The van der Waals surface area contributed by atoms with Crippen molar-refractivity contribution < 1.29 is 9.59 Å². The first-order valence-electron chi connectivity index (χ1n) is 9.87. The molecule has 0 spiro atoms. The van der Waals surface area contributed by atoms with Gasteiger partial charge in [-0.3, -0.25) is 9.59 Å². The lowest BCUT2D eigenvalue weighted by Crippen LogP contribution is -2.47. The predicted molar refractivity (Wildman–Crippen MR) is 119 cm³/mol. The van der Waals surface area contributed by atoms with E-state index >= 15 is 0 Å². The molecule has 30 heavy (non-hydrogen) atoms.